The van der Waals surface area contributed by atoms with E-state index in [0.29, 0.717) is 0 Å². The summed E-state index contributed by atoms with van der Waals surface area (Å²) in [5.41, 5.74) is 3.07. The van der Waals surface area contributed by atoms with Gasteiger partial charge in [-0.05, 0) is 39.2 Å². The minimum absolute atomic E-state index is 0.155. The second kappa shape index (κ2) is 14.2. The van der Waals surface area contributed by atoms with Gasteiger partial charge in [0.25, 0.3) is 0 Å². The molecule has 0 unspecified atom stereocenters. The van der Waals surface area contributed by atoms with Gasteiger partial charge in [0.05, 0.1) is 20.6 Å². The first-order valence-electron chi connectivity index (χ1n) is 12.7. The van der Waals surface area contributed by atoms with E-state index in [9.17, 15) is 0 Å². The van der Waals surface area contributed by atoms with Crippen LogP contribution in [0.25, 0.3) is 0 Å². The number of benzene rings is 1. The fourth-order valence-corrected chi connectivity index (χ4v) is 4.57. The highest BCUT2D eigenvalue weighted by Crippen LogP contribution is 2.34. The minimum Gasteiger partial charge on any atom is -0.320 e. The monoisotopic (exact) mass is 402 g/mol. The number of hydrogen-bond donors (Lipinski definition) is 0. The highest BCUT2D eigenvalue weighted by atomic mass is 15.4. The molecule has 0 amide bonds. The van der Waals surface area contributed by atoms with Crippen LogP contribution in [0.4, 0.5) is 0 Å². The van der Waals surface area contributed by atoms with Gasteiger partial charge in [0.2, 0.25) is 0 Å². The molecule has 0 aromatic heterocycles. The Hall–Kier alpha value is -0.820. The first-order chi connectivity index (χ1) is 13.8. The van der Waals surface area contributed by atoms with E-state index in [0.717, 1.165) is 4.48 Å². The molecule has 1 heteroatoms. The molecule has 29 heavy (non-hydrogen) atoms. The first-order valence-corrected chi connectivity index (χ1v) is 12.7. The summed E-state index contributed by atoms with van der Waals surface area (Å²) >= 11 is 0. The van der Waals surface area contributed by atoms with Crippen LogP contribution >= 0.6 is 0 Å². The number of aryl methyl sites for hydroxylation is 1. The zero-order valence-electron chi connectivity index (χ0n) is 20.9. The van der Waals surface area contributed by atoms with Crippen LogP contribution in [0.15, 0.2) is 24.3 Å². The Morgan fingerprint density at radius 3 is 1.52 bits per heavy atom. The van der Waals surface area contributed by atoms with Crippen LogP contribution in [0, 0.1) is 6.92 Å². The summed E-state index contributed by atoms with van der Waals surface area (Å²) in [7, 11) is 4.82. The van der Waals surface area contributed by atoms with Crippen LogP contribution in [-0.4, -0.2) is 25.1 Å². The van der Waals surface area contributed by atoms with E-state index in [1.807, 2.05) is 0 Å². The van der Waals surface area contributed by atoms with E-state index in [1.54, 1.807) is 0 Å². The number of nitrogens with zero attached hydrogens (tertiary/aromatic N) is 1. The van der Waals surface area contributed by atoms with E-state index in [2.05, 4.69) is 66.1 Å². The molecule has 0 radical (unpaired) electrons. The number of hydrogen-bond acceptors (Lipinski definition) is 0. The molecule has 0 bridgehead atoms. The van der Waals surface area contributed by atoms with Gasteiger partial charge in [-0.15, -0.1) is 0 Å². The van der Waals surface area contributed by atoms with Crippen molar-refractivity contribution < 1.29 is 4.48 Å². The van der Waals surface area contributed by atoms with Gasteiger partial charge < -0.3 is 4.48 Å². The molecule has 0 heterocycles. The molecule has 0 N–H and O–H groups in total. The van der Waals surface area contributed by atoms with Crippen molar-refractivity contribution in [3.8, 4) is 0 Å². The largest absolute Gasteiger partial charge is 0.320 e. The maximum absolute atomic E-state index is 2.42. The Morgan fingerprint density at radius 1 is 0.655 bits per heavy atom. The standard InChI is InChI=1S/C28H52N/c1-7-8-9-10-11-12-13-14-15-16-17-18-19-22-25-29(5,6)28(3,4)27-24-21-20-23-26(27)2/h20-21,23-24H,7-19,22,25H2,1-6H3/q+1. The molecule has 168 valence electrons. The van der Waals surface area contributed by atoms with E-state index in [-0.39, 0.29) is 5.54 Å². The second-order valence-electron chi connectivity index (χ2n) is 10.4. The van der Waals surface area contributed by atoms with E-state index < -0.39 is 0 Å². The Bertz CT molecular complexity index is 529. The Morgan fingerprint density at radius 2 is 1.07 bits per heavy atom. The van der Waals surface area contributed by atoms with Gasteiger partial charge in [-0.25, -0.2) is 0 Å². The smallest absolute Gasteiger partial charge is 0.119 e. The fourth-order valence-electron chi connectivity index (χ4n) is 4.57. The van der Waals surface area contributed by atoms with Crippen molar-refractivity contribution in [2.24, 2.45) is 0 Å². The molecule has 0 aliphatic carbocycles. The molecule has 0 aliphatic heterocycles. The summed E-state index contributed by atoms with van der Waals surface area (Å²) in [4.78, 5) is 0. The van der Waals surface area contributed by atoms with E-state index >= 15 is 0 Å². The third-order valence-electron chi connectivity index (χ3n) is 7.39. The predicted molar refractivity (Wildman–Crippen MR) is 131 cm³/mol. The molecule has 0 saturated heterocycles. The minimum atomic E-state index is 0.155. The molecule has 0 spiro atoms. The highest BCUT2D eigenvalue weighted by molar-refractivity contribution is 5.30. The maximum atomic E-state index is 2.42. The van der Waals surface area contributed by atoms with Crippen LogP contribution in [0.3, 0.4) is 0 Å². The quantitative estimate of drug-likeness (QED) is 0.180. The van der Waals surface area contributed by atoms with Gasteiger partial charge in [0.15, 0.2) is 0 Å². The summed E-state index contributed by atoms with van der Waals surface area (Å²) in [5.74, 6) is 0. The molecule has 1 aromatic rings. The van der Waals surface area contributed by atoms with Crippen molar-refractivity contribution in [1.82, 2.24) is 0 Å². The van der Waals surface area contributed by atoms with E-state index in [4.69, 9.17) is 0 Å². The van der Waals surface area contributed by atoms with Crippen molar-refractivity contribution in [2.45, 2.75) is 123 Å². The molecule has 1 aromatic carbocycles. The van der Waals surface area contributed by atoms with Crippen molar-refractivity contribution >= 4 is 0 Å². The highest BCUT2D eigenvalue weighted by Gasteiger charge is 2.38. The Labute approximate surface area is 183 Å². The summed E-state index contributed by atoms with van der Waals surface area (Å²) in [6.45, 7) is 10.6. The normalized spacial score (nSPS) is 12.5. The first kappa shape index (κ1) is 26.2. The average Bonchev–Trinajstić information content (AvgIpc) is 2.68. The van der Waals surface area contributed by atoms with Crippen molar-refractivity contribution in [1.29, 1.82) is 0 Å². The number of unbranched alkanes of at least 4 members (excludes halogenated alkanes) is 13. The van der Waals surface area contributed by atoms with Crippen molar-refractivity contribution in [2.75, 3.05) is 20.6 Å². The van der Waals surface area contributed by atoms with Crippen LogP contribution < -0.4 is 0 Å². The van der Waals surface area contributed by atoms with Crippen molar-refractivity contribution in [3.05, 3.63) is 35.4 Å². The van der Waals surface area contributed by atoms with Gasteiger partial charge >= 0.3 is 0 Å². The lowest BCUT2D eigenvalue weighted by molar-refractivity contribution is -0.945. The zero-order valence-corrected chi connectivity index (χ0v) is 20.9. The fraction of sp³-hybridized carbons (Fsp3) is 0.786. The molecular weight excluding hydrogens is 350 g/mol. The van der Waals surface area contributed by atoms with Gasteiger partial charge in [-0.3, -0.25) is 0 Å². The molecule has 1 rings (SSSR count). The van der Waals surface area contributed by atoms with Gasteiger partial charge in [0, 0.05) is 5.56 Å². The lowest BCUT2D eigenvalue weighted by Crippen LogP contribution is -2.54. The summed E-state index contributed by atoms with van der Waals surface area (Å²) in [6.07, 6.45) is 20.1. The SMILES string of the molecule is CCCCCCCCCCCCCCCC[N+](C)(C)C(C)(C)c1ccccc1C. The number of rotatable bonds is 17. The van der Waals surface area contributed by atoms with Crippen LogP contribution in [0.2, 0.25) is 0 Å². The zero-order chi connectivity index (χ0) is 21.6. The maximum Gasteiger partial charge on any atom is 0.119 e. The summed E-state index contributed by atoms with van der Waals surface area (Å²) < 4.78 is 1.07. The third kappa shape index (κ3) is 9.69. The van der Waals surface area contributed by atoms with Gasteiger partial charge in [0.1, 0.15) is 5.54 Å². The Kier molecular flexibility index (Phi) is 12.9. The lowest BCUT2D eigenvalue weighted by atomic mass is 9.87. The topological polar surface area (TPSA) is 0 Å². The third-order valence-corrected chi connectivity index (χ3v) is 7.39. The number of quaternary nitrogens is 1. The predicted octanol–water partition coefficient (Wildman–Crippen LogP) is 8.79. The molecule has 0 fully saturated rings. The van der Waals surface area contributed by atoms with Gasteiger partial charge in [-0.2, -0.15) is 0 Å². The lowest BCUT2D eigenvalue weighted by Gasteiger charge is -2.45. The van der Waals surface area contributed by atoms with Crippen LogP contribution in [0.1, 0.15) is 122 Å². The second-order valence-corrected chi connectivity index (χ2v) is 10.4. The molecule has 0 saturated carbocycles. The molecule has 0 atom stereocenters. The molecular formula is C28H52N+. The van der Waals surface area contributed by atoms with Crippen LogP contribution in [-0.2, 0) is 5.54 Å². The van der Waals surface area contributed by atoms with E-state index in [1.165, 1.54) is 108 Å². The average molecular weight is 403 g/mol. The summed E-state index contributed by atoms with van der Waals surface area (Å²) in [6, 6.07) is 8.92. The van der Waals surface area contributed by atoms with Crippen molar-refractivity contribution in [3.63, 3.8) is 0 Å². The molecule has 1 nitrogen and oxygen atoms in total. The van der Waals surface area contributed by atoms with Gasteiger partial charge in [-0.1, -0.05) is 108 Å². The summed E-state index contributed by atoms with van der Waals surface area (Å²) in [5, 5.41) is 0. The van der Waals surface area contributed by atoms with Crippen LogP contribution in [0.5, 0.6) is 0 Å². The molecule has 0 aliphatic rings. The Balaban J connectivity index is 2.10.